The molecule has 3 rings (SSSR count). The smallest absolute Gasteiger partial charge is 0.131 e. The summed E-state index contributed by atoms with van der Waals surface area (Å²) in [5.74, 6) is 1.70. The van der Waals surface area contributed by atoms with Crippen LogP contribution in [-0.2, 0) is 6.54 Å². The summed E-state index contributed by atoms with van der Waals surface area (Å²) in [6, 6.07) is 10.6. The second-order valence-electron chi connectivity index (χ2n) is 4.77. The minimum atomic E-state index is 0.476. The Morgan fingerprint density at radius 1 is 1.15 bits per heavy atom. The summed E-state index contributed by atoms with van der Waals surface area (Å²) in [6.07, 6.45) is 1.58. The van der Waals surface area contributed by atoms with E-state index in [1.807, 2.05) is 18.2 Å². The molecule has 1 aliphatic rings. The molecular formula is C14H16BrN5. The van der Waals surface area contributed by atoms with Gasteiger partial charge in [-0.2, -0.15) is 0 Å². The normalized spacial score (nSPS) is 14.7. The van der Waals surface area contributed by atoms with Crippen molar-refractivity contribution >= 4 is 27.6 Å². The molecule has 20 heavy (non-hydrogen) atoms. The maximum absolute atomic E-state index is 4.24. The number of anilines is 2. The fraction of sp³-hybridized carbons (Fsp3) is 0.286. The molecule has 3 N–H and O–H groups in total. The Morgan fingerprint density at radius 2 is 1.90 bits per heavy atom. The van der Waals surface area contributed by atoms with E-state index in [0.29, 0.717) is 6.04 Å². The number of rotatable bonds is 5. The molecule has 0 amide bonds. The first-order valence-corrected chi connectivity index (χ1v) is 7.36. The van der Waals surface area contributed by atoms with Crippen molar-refractivity contribution in [2.75, 3.05) is 23.7 Å². The maximum Gasteiger partial charge on any atom is 0.131 e. The van der Waals surface area contributed by atoms with Crippen molar-refractivity contribution in [1.29, 1.82) is 0 Å². The average molecular weight is 334 g/mol. The molecule has 0 unspecified atom stereocenters. The van der Waals surface area contributed by atoms with Gasteiger partial charge in [-0.05, 0) is 17.7 Å². The van der Waals surface area contributed by atoms with Crippen LogP contribution < -0.4 is 16.0 Å². The second-order valence-corrected chi connectivity index (χ2v) is 5.68. The van der Waals surface area contributed by atoms with Crippen LogP contribution in [0.25, 0.3) is 0 Å². The van der Waals surface area contributed by atoms with Gasteiger partial charge in [-0.25, -0.2) is 9.97 Å². The summed E-state index contributed by atoms with van der Waals surface area (Å²) >= 11 is 3.43. The Kier molecular flexibility index (Phi) is 4.13. The van der Waals surface area contributed by atoms with E-state index in [2.05, 4.69) is 54.0 Å². The number of hydrogen-bond donors (Lipinski definition) is 3. The molecule has 0 spiro atoms. The highest BCUT2D eigenvalue weighted by Gasteiger charge is 2.16. The molecule has 1 saturated heterocycles. The lowest BCUT2D eigenvalue weighted by molar-refractivity contribution is 0.471. The van der Waals surface area contributed by atoms with Gasteiger partial charge in [-0.3, -0.25) is 0 Å². The third-order valence-corrected chi connectivity index (χ3v) is 3.72. The molecular weight excluding hydrogens is 318 g/mol. The van der Waals surface area contributed by atoms with Crippen molar-refractivity contribution in [3.05, 3.63) is 46.7 Å². The summed E-state index contributed by atoms with van der Waals surface area (Å²) in [5.41, 5.74) is 1.21. The molecule has 104 valence electrons. The van der Waals surface area contributed by atoms with E-state index in [1.165, 1.54) is 5.56 Å². The molecule has 1 aliphatic heterocycles. The zero-order valence-electron chi connectivity index (χ0n) is 10.9. The number of aromatic nitrogens is 2. The van der Waals surface area contributed by atoms with E-state index in [4.69, 9.17) is 0 Å². The van der Waals surface area contributed by atoms with Gasteiger partial charge in [0.1, 0.15) is 18.0 Å². The van der Waals surface area contributed by atoms with E-state index in [1.54, 1.807) is 6.33 Å². The van der Waals surface area contributed by atoms with Crippen LogP contribution in [0.1, 0.15) is 5.56 Å². The number of nitrogens with one attached hydrogen (secondary N) is 3. The maximum atomic E-state index is 4.24. The van der Waals surface area contributed by atoms with Gasteiger partial charge < -0.3 is 16.0 Å². The number of hydrogen-bond acceptors (Lipinski definition) is 5. The predicted octanol–water partition coefficient (Wildman–Crippen LogP) is 2.23. The van der Waals surface area contributed by atoms with E-state index >= 15 is 0 Å². The molecule has 1 aromatic heterocycles. The van der Waals surface area contributed by atoms with Gasteiger partial charge in [-0.1, -0.05) is 28.1 Å². The van der Waals surface area contributed by atoms with Gasteiger partial charge >= 0.3 is 0 Å². The molecule has 0 radical (unpaired) electrons. The predicted molar refractivity (Wildman–Crippen MR) is 83.8 cm³/mol. The van der Waals surface area contributed by atoms with Crippen LogP contribution in [0.3, 0.4) is 0 Å². The lowest BCUT2D eigenvalue weighted by Gasteiger charge is -2.28. The van der Waals surface area contributed by atoms with Gasteiger partial charge in [0.05, 0.1) is 6.04 Å². The number of benzene rings is 1. The summed E-state index contributed by atoms with van der Waals surface area (Å²) < 4.78 is 1.09. The fourth-order valence-corrected chi connectivity index (χ4v) is 2.19. The number of nitrogens with zero attached hydrogens (tertiary/aromatic N) is 2. The van der Waals surface area contributed by atoms with Crippen LogP contribution in [0.5, 0.6) is 0 Å². The average Bonchev–Trinajstić information content (AvgIpc) is 2.43. The Hall–Kier alpha value is -1.66. The Balaban J connectivity index is 1.59. The molecule has 0 saturated carbocycles. The van der Waals surface area contributed by atoms with E-state index in [-0.39, 0.29) is 0 Å². The van der Waals surface area contributed by atoms with Crippen molar-refractivity contribution in [2.24, 2.45) is 0 Å². The van der Waals surface area contributed by atoms with Crippen molar-refractivity contribution in [2.45, 2.75) is 12.6 Å². The Labute approximate surface area is 126 Å². The minimum absolute atomic E-state index is 0.476. The van der Waals surface area contributed by atoms with Crippen LogP contribution in [0.15, 0.2) is 41.1 Å². The quantitative estimate of drug-likeness (QED) is 0.783. The van der Waals surface area contributed by atoms with Crippen LogP contribution in [0, 0.1) is 0 Å². The molecule has 1 aromatic carbocycles. The number of halogens is 1. The Morgan fingerprint density at radius 3 is 2.60 bits per heavy atom. The van der Waals surface area contributed by atoms with E-state index in [9.17, 15) is 0 Å². The van der Waals surface area contributed by atoms with Gasteiger partial charge in [0, 0.05) is 30.2 Å². The SMILES string of the molecule is Brc1ccc(CNc2cc(NC3CNC3)ncn2)cc1. The molecule has 0 bridgehead atoms. The highest BCUT2D eigenvalue weighted by Crippen LogP contribution is 2.14. The summed E-state index contributed by atoms with van der Waals surface area (Å²) in [4.78, 5) is 8.47. The van der Waals surface area contributed by atoms with E-state index < -0.39 is 0 Å². The first-order chi connectivity index (χ1) is 9.79. The lowest BCUT2D eigenvalue weighted by Crippen LogP contribution is -2.51. The van der Waals surface area contributed by atoms with Crippen molar-refractivity contribution in [3.8, 4) is 0 Å². The molecule has 0 aliphatic carbocycles. The van der Waals surface area contributed by atoms with Crippen molar-refractivity contribution < 1.29 is 0 Å². The lowest BCUT2D eigenvalue weighted by atomic mass is 10.2. The largest absolute Gasteiger partial charge is 0.366 e. The molecule has 6 heteroatoms. The first kappa shape index (κ1) is 13.3. The summed E-state index contributed by atoms with van der Waals surface area (Å²) in [5, 5.41) is 9.89. The van der Waals surface area contributed by atoms with Crippen molar-refractivity contribution in [3.63, 3.8) is 0 Å². The summed E-state index contributed by atoms with van der Waals surface area (Å²) in [7, 11) is 0. The molecule has 0 atom stereocenters. The van der Waals surface area contributed by atoms with E-state index in [0.717, 1.165) is 35.7 Å². The molecule has 2 heterocycles. The Bertz CT molecular complexity index is 568. The van der Waals surface area contributed by atoms with Crippen molar-refractivity contribution in [1.82, 2.24) is 15.3 Å². The van der Waals surface area contributed by atoms with Crippen LogP contribution in [-0.4, -0.2) is 29.1 Å². The molecule has 2 aromatic rings. The zero-order chi connectivity index (χ0) is 13.8. The highest BCUT2D eigenvalue weighted by molar-refractivity contribution is 9.10. The monoisotopic (exact) mass is 333 g/mol. The van der Waals surface area contributed by atoms with Crippen LogP contribution in [0.2, 0.25) is 0 Å². The topological polar surface area (TPSA) is 61.9 Å². The van der Waals surface area contributed by atoms with Crippen LogP contribution >= 0.6 is 15.9 Å². The minimum Gasteiger partial charge on any atom is -0.366 e. The van der Waals surface area contributed by atoms with Gasteiger partial charge in [0.2, 0.25) is 0 Å². The zero-order valence-corrected chi connectivity index (χ0v) is 12.5. The molecule has 5 nitrogen and oxygen atoms in total. The van der Waals surface area contributed by atoms with Gasteiger partial charge in [-0.15, -0.1) is 0 Å². The standard InChI is InChI=1S/C14H16BrN5/c15-11-3-1-10(2-4-11)6-17-13-5-14(19-9-18-13)20-12-7-16-8-12/h1-5,9,12,16H,6-8H2,(H2,17,18,19,20). The summed E-state index contributed by atoms with van der Waals surface area (Å²) in [6.45, 7) is 2.73. The molecule has 1 fully saturated rings. The van der Waals surface area contributed by atoms with Gasteiger partial charge in [0.15, 0.2) is 0 Å². The third-order valence-electron chi connectivity index (χ3n) is 3.19. The third kappa shape index (κ3) is 3.46. The van der Waals surface area contributed by atoms with Gasteiger partial charge in [0.25, 0.3) is 0 Å². The first-order valence-electron chi connectivity index (χ1n) is 6.57. The van der Waals surface area contributed by atoms with Crippen LogP contribution in [0.4, 0.5) is 11.6 Å². The fourth-order valence-electron chi connectivity index (χ4n) is 1.93. The second kappa shape index (κ2) is 6.19. The highest BCUT2D eigenvalue weighted by atomic mass is 79.9.